The van der Waals surface area contributed by atoms with Crippen molar-refractivity contribution in [2.24, 2.45) is 5.92 Å². The number of anilines is 1. The second kappa shape index (κ2) is 5.09. The first kappa shape index (κ1) is 11.8. The van der Waals surface area contributed by atoms with Crippen LogP contribution in [0.15, 0.2) is 12.3 Å². The average molecular weight is 237 g/mol. The van der Waals surface area contributed by atoms with Crippen LogP contribution < -0.4 is 4.90 Å². The zero-order valence-corrected chi connectivity index (χ0v) is 9.67. The Balaban J connectivity index is 2.16. The number of hydrogen-bond acceptors (Lipinski definition) is 5. The van der Waals surface area contributed by atoms with Crippen molar-refractivity contribution in [2.75, 3.05) is 31.7 Å². The highest BCUT2D eigenvalue weighted by atomic mass is 16.5. The number of hydrogen-bond donors (Lipinski definition) is 1. The van der Waals surface area contributed by atoms with Gasteiger partial charge in [-0.05, 0) is 12.5 Å². The fourth-order valence-corrected chi connectivity index (χ4v) is 2.12. The van der Waals surface area contributed by atoms with Crippen molar-refractivity contribution in [3.8, 4) is 0 Å². The second-order valence-corrected chi connectivity index (χ2v) is 4.13. The Morgan fingerprint density at radius 2 is 2.53 bits per heavy atom. The molecule has 1 atom stereocenters. The fourth-order valence-electron chi connectivity index (χ4n) is 2.12. The summed E-state index contributed by atoms with van der Waals surface area (Å²) in [6, 6.07) is 1.48. The quantitative estimate of drug-likeness (QED) is 0.828. The molecule has 0 bridgehead atoms. The number of carboxylic acid groups (broad SMARTS) is 1. The zero-order chi connectivity index (χ0) is 12.3. The van der Waals surface area contributed by atoms with E-state index in [-0.39, 0.29) is 5.56 Å². The first-order chi connectivity index (χ1) is 8.22. The van der Waals surface area contributed by atoms with Crippen LogP contribution in [0.1, 0.15) is 16.8 Å². The minimum Gasteiger partial charge on any atom is -0.478 e. The summed E-state index contributed by atoms with van der Waals surface area (Å²) < 4.78 is 5.11. The third kappa shape index (κ3) is 2.52. The Bertz CT molecular complexity index is 411. The van der Waals surface area contributed by atoms with Crippen molar-refractivity contribution in [3.63, 3.8) is 0 Å². The van der Waals surface area contributed by atoms with Crippen LogP contribution in [-0.2, 0) is 4.74 Å². The highest BCUT2D eigenvalue weighted by Gasteiger charge is 2.26. The van der Waals surface area contributed by atoms with Gasteiger partial charge in [0.15, 0.2) is 5.82 Å². The van der Waals surface area contributed by atoms with Crippen LogP contribution in [-0.4, -0.2) is 48.1 Å². The molecule has 0 aromatic carbocycles. The molecule has 1 aliphatic rings. The SMILES string of the molecule is COCC1CCN(c2nnccc2C(=O)O)C1. The van der Waals surface area contributed by atoms with Gasteiger partial charge in [-0.3, -0.25) is 0 Å². The summed E-state index contributed by atoms with van der Waals surface area (Å²) in [4.78, 5) is 13.0. The van der Waals surface area contributed by atoms with Crippen LogP contribution in [0.5, 0.6) is 0 Å². The van der Waals surface area contributed by atoms with Crippen LogP contribution in [0, 0.1) is 5.92 Å². The van der Waals surface area contributed by atoms with E-state index in [4.69, 9.17) is 9.84 Å². The lowest BCUT2D eigenvalue weighted by Crippen LogP contribution is -2.24. The molecule has 0 spiro atoms. The zero-order valence-electron chi connectivity index (χ0n) is 9.67. The first-order valence-corrected chi connectivity index (χ1v) is 5.51. The topological polar surface area (TPSA) is 75.5 Å². The lowest BCUT2D eigenvalue weighted by Gasteiger charge is -2.18. The maximum atomic E-state index is 11.1. The van der Waals surface area contributed by atoms with E-state index in [1.54, 1.807) is 7.11 Å². The Kier molecular flexibility index (Phi) is 3.53. The summed E-state index contributed by atoms with van der Waals surface area (Å²) in [5.41, 5.74) is 0.207. The number of carbonyl (C=O) groups is 1. The van der Waals surface area contributed by atoms with E-state index in [9.17, 15) is 4.79 Å². The van der Waals surface area contributed by atoms with Gasteiger partial charge in [0.1, 0.15) is 5.56 Å². The molecule has 1 aromatic rings. The van der Waals surface area contributed by atoms with Gasteiger partial charge < -0.3 is 14.7 Å². The summed E-state index contributed by atoms with van der Waals surface area (Å²) >= 11 is 0. The molecule has 6 nitrogen and oxygen atoms in total. The van der Waals surface area contributed by atoms with Gasteiger partial charge in [0, 0.05) is 26.1 Å². The van der Waals surface area contributed by atoms with E-state index in [0.29, 0.717) is 18.3 Å². The third-order valence-electron chi connectivity index (χ3n) is 2.92. The maximum absolute atomic E-state index is 11.1. The molecule has 0 radical (unpaired) electrons. The van der Waals surface area contributed by atoms with Crippen molar-refractivity contribution in [1.82, 2.24) is 10.2 Å². The first-order valence-electron chi connectivity index (χ1n) is 5.51. The Labute approximate surface area is 99.2 Å². The van der Waals surface area contributed by atoms with Crippen LogP contribution >= 0.6 is 0 Å². The Hall–Kier alpha value is -1.69. The van der Waals surface area contributed by atoms with Crippen molar-refractivity contribution < 1.29 is 14.6 Å². The predicted molar refractivity (Wildman–Crippen MR) is 61.2 cm³/mol. The summed E-state index contributed by atoms with van der Waals surface area (Å²) in [5.74, 6) is -0.0765. The fraction of sp³-hybridized carbons (Fsp3) is 0.545. The predicted octanol–water partition coefficient (Wildman–Crippen LogP) is 0.647. The lowest BCUT2D eigenvalue weighted by molar-refractivity contribution is 0.0697. The molecule has 1 unspecified atom stereocenters. The molecule has 0 aliphatic carbocycles. The number of rotatable bonds is 4. The number of aromatic nitrogens is 2. The molecule has 92 valence electrons. The second-order valence-electron chi connectivity index (χ2n) is 4.13. The van der Waals surface area contributed by atoms with E-state index in [1.807, 2.05) is 4.90 Å². The van der Waals surface area contributed by atoms with Gasteiger partial charge in [-0.25, -0.2) is 4.79 Å². The summed E-state index contributed by atoms with van der Waals surface area (Å²) in [5, 5.41) is 16.8. The molecule has 17 heavy (non-hydrogen) atoms. The minimum absolute atomic E-state index is 0.207. The summed E-state index contributed by atoms with van der Waals surface area (Å²) in [7, 11) is 1.67. The molecule has 6 heteroatoms. The van der Waals surface area contributed by atoms with Crippen molar-refractivity contribution >= 4 is 11.8 Å². The van der Waals surface area contributed by atoms with Crippen LogP contribution in [0.4, 0.5) is 5.82 Å². The number of aromatic carboxylic acids is 1. The van der Waals surface area contributed by atoms with E-state index in [2.05, 4.69) is 10.2 Å². The number of ether oxygens (including phenoxy) is 1. The standard InChI is InChI=1S/C11H15N3O3/c1-17-7-8-3-5-14(6-8)10-9(11(15)16)2-4-12-13-10/h2,4,8H,3,5-7H2,1H3,(H,15,16). The molecule has 1 aliphatic heterocycles. The summed E-state index contributed by atoms with van der Waals surface area (Å²) in [6.45, 7) is 2.26. The van der Waals surface area contributed by atoms with Crippen LogP contribution in [0.2, 0.25) is 0 Å². The van der Waals surface area contributed by atoms with Crippen LogP contribution in [0.3, 0.4) is 0 Å². The molecule has 1 N–H and O–H groups in total. The van der Waals surface area contributed by atoms with Crippen molar-refractivity contribution in [1.29, 1.82) is 0 Å². The van der Waals surface area contributed by atoms with Gasteiger partial charge in [0.25, 0.3) is 0 Å². The van der Waals surface area contributed by atoms with E-state index < -0.39 is 5.97 Å². The molecule has 1 fully saturated rings. The van der Waals surface area contributed by atoms with Gasteiger partial charge in [0.05, 0.1) is 12.8 Å². The van der Waals surface area contributed by atoms with Gasteiger partial charge in [-0.1, -0.05) is 0 Å². The van der Waals surface area contributed by atoms with Crippen molar-refractivity contribution in [3.05, 3.63) is 17.8 Å². The molecule has 0 amide bonds. The van der Waals surface area contributed by atoms with E-state index >= 15 is 0 Å². The molecule has 2 heterocycles. The molecule has 2 rings (SSSR count). The third-order valence-corrected chi connectivity index (χ3v) is 2.92. The van der Waals surface area contributed by atoms with E-state index in [1.165, 1.54) is 12.3 Å². The Morgan fingerprint density at radius 1 is 1.71 bits per heavy atom. The number of nitrogens with zero attached hydrogens (tertiary/aromatic N) is 3. The monoisotopic (exact) mass is 237 g/mol. The van der Waals surface area contributed by atoms with E-state index in [0.717, 1.165) is 19.5 Å². The largest absolute Gasteiger partial charge is 0.478 e. The number of methoxy groups -OCH3 is 1. The average Bonchev–Trinajstić information content (AvgIpc) is 2.78. The van der Waals surface area contributed by atoms with Gasteiger partial charge in [-0.2, -0.15) is 5.10 Å². The molecular formula is C11H15N3O3. The number of carboxylic acids is 1. The molecular weight excluding hydrogens is 222 g/mol. The Morgan fingerprint density at radius 3 is 3.24 bits per heavy atom. The highest BCUT2D eigenvalue weighted by Crippen LogP contribution is 2.24. The molecule has 1 saturated heterocycles. The minimum atomic E-state index is -0.968. The lowest BCUT2D eigenvalue weighted by atomic mass is 10.1. The summed E-state index contributed by atoms with van der Waals surface area (Å²) in [6.07, 6.45) is 2.39. The van der Waals surface area contributed by atoms with Crippen molar-refractivity contribution in [2.45, 2.75) is 6.42 Å². The van der Waals surface area contributed by atoms with Gasteiger partial charge >= 0.3 is 5.97 Å². The highest BCUT2D eigenvalue weighted by molar-refractivity contribution is 5.93. The smallest absolute Gasteiger partial charge is 0.339 e. The normalized spacial score (nSPS) is 19.6. The van der Waals surface area contributed by atoms with Gasteiger partial charge in [0.2, 0.25) is 0 Å². The van der Waals surface area contributed by atoms with Gasteiger partial charge in [-0.15, -0.1) is 5.10 Å². The maximum Gasteiger partial charge on any atom is 0.339 e. The molecule has 1 aromatic heterocycles. The molecule has 0 saturated carbocycles. The van der Waals surface area contributed by atoms with Crippen LogP contribution in [0.25, 0.3) is 0 Å².